The third-order valence-electron chi connectivity index (χ3n) is 5.89. The summed E-state index contributed by atoms with van der Waals surface area (Å²) in [6, 6.07) is 1.11. The summed E-state index contributed by atoms with van der Waals surface area (Å²) < 4.78 is 37.1. The second kappa shape index (κ2) is 8.30. The first kappa shape index (κ1) is 21.3. The van der Waals surface area contributed by atoms with Crippen molar-refractivity contribution in [1.82, 2.24) is 9.88 Å². The Kier molecular flexibility index (Phi) is 5.70. The average Bonchev–Trinajstić information content (AvgIpc) is 3.58. The zero-order chi connectivity index (χ0) is 22.3. The maximum absolute atomic E-state index is 15.3. The number of benzene rings is 1. The number of pyridine rings is 1. The van der Waals surface area contributed by atoms with Crippen molar-refractivity contribution < 1.29 is 23.4 Å². The number of halogens is 2. The van der Waals surface area contributed by atoms with Crippen LogP contribution in [0.5, 0.6) is 5.75 Å². The normalized spacial score (nSPS) is 18.4. The number of methoxy groups -OCH3 is 1. The summed E-state index contributed by atoms with van der Waals surface area (Å²) in [5.41, 5.74) is 0.000802. The molecule has 7 nitrogen and oxygen atoms in total. The molecule has 1 saturated heterocycles. The highest BCUT2D eigenvalue weighted by atomic mass is 19.1. The van der Waals surface area contributed by atoms with Crippen molar-refractivity contribution in [2.45, 2.75) is 31.7 Å². The number of likely N-dealkylation sites (N-methyl/N-ethyl adjacent to an activating group) is 1. The Morgan fingerprint density at radius 3 is 2.74 bits per heavy atom. The van der Waals surface area contributed by atoms with E-state index in [2.05, 4.69) is 5.32 Å². The van der Waals surface area contributed by atoms with Crippen LogP contribution >= 0.6 is 0 Å². The number of hydrogen-bond donors (Lipinski definition) is 2. The monoisotopic (exact) mass is 433 g/mol. The number of carboxylic acids is 1. The van der Waals surface area contributed by atoms with Gasteiger partial charge in [-0.25, -0.2) is 13.6 Å². The van der Waals surface area contributed by atoms with Crippen LogP contribution in [0.4, 0.5) is 14.5 Å². The molecule has 1 aromatic heterocycles. The molecular weight excluding hydrogens is 408 g/mol. The van der Waals surface area contributed by atoms with Crippen LogP contribution in [-0.4, -0.2) is 49.4 Å². The summed E-state index contributed by atoms with van der Waals surface area (Å²) in [4.78, 5) is 26.1. The van der Waals surface area contributed by atoms with Gasteiger partial charge in [-0.15, -0.1) is 0 Å². The predicted molar refractivity (Wildman–Crippen MR) is 113 cm³/mol. The van der Waals surface area contributed by atoms with E-state index >= 15 is 4.39 Å². The highest BCUT2D eigenvalue weighted by Crippen LogP contribution is 2.44. The van der Waals surface area contributed by atoms with Gasteiger partial charge in [-0.3, -0.25) is 4.79 Å². The van der Waals surface area contributed by atoms with Gasteiger partial charge in [-0.1, -0.05) is 0 Å². The molecule has 1 saturated carbocycles. The number of nitrogens with one attached hydrogen (secondary N) is 1. The van der Waals surface area contributed by atoms with E-state index in [9.17, 15) is 19.1 Å². The number of fused-ring (bicyclic) bond motifs is 1. The van der Waals surface area contributed by atoms with Crippen molar-refractivity contribution >= 4 is 22.6 Å². The molecule has 4 rings (SSSR count). The molecule has 2 N–H and O–H groups in total. The maximum atomic E-state index is 15.3. The molecule has 0 amide bonds. The van der Waals surface area contributed by atoms with E-state index in [1.165, 1.54) is 13.3 Å². The fraction of sp³-hybridized carbons (Fsp3) is 0.455. The van der Waals surface area contributed by atoms with Crippen molar-refractivity contribution in [2.24, 2.45) is 0 Å². The Bertz CT molecular complexity index is 1140. The van der Waals surface area contributed by atoms with E-state index < -0.39 is 22.8 Å². The third-order valence-corrected chi connectivity index (χ3v) is 5.89. The number of aromatic carboxylic acids is 1. The second-order valence-electron chi connectivity index (χ2n) is 8.02. The van der Waals surface area contributed by atoms with E-state index in [4.69, 9.17) is 4.74 Å². The molecule has 0 radical (unpaired) electrons. The van der Waals surface area contributed by atoms with E-state index in [-0.39, 0.29) is 41.8 Å². The molecule has 0 bridgehead atoms. The number of piperidine rings is 1. The molecular formula is C22H25F2N3O4. The number of aromatic nitrogens is 1. The van der Waals surface area contributed by atoms with Gasteiger partial charge in [0, 0.05) is 31.9 Å². The molecule has 0 unspecified atom stereocenters. The number of nitrogens with zero attached hydrogens (tertiary/aromatic N) is 2. The lowest BCUT2D eigenvalue weighted by molar-refractivity contribution is 0.0695. The van der Waals surface area contributed by atoms with E-state index in [1.807, 2.05) is 0 Å². The first-order valence-corrected chi connectivity index (χ1v) is 10.3. The van der Waals surface area contributed by atoms with Gasteiger partial charge in [-0.2, -0.15) is 0 Å². The molecule has 0 atom stereocenters. The summed E-state index contributed by atoms with van der Waals surface area (Å²) in [5, 5.41) is 12.2. The van der Waals surface area contributed by atoms with E-state index in [1.54, 1.807) is 16.5 Å². The number of ether oxygens (including phenoxy) is 1. The van der Waals surface area contributed by atoms with Crippen molar-refractivity contribution in [3.63, 3.8) is 0 Å². The maximum Gasteiger partial charge on any atom is 0.341 e. The lowest BCUT2D eigenvalue weighted by atomic mass is 10.0. The lowest BCUT2D eigenvalue weighted by Crippen LogP contribution is -2.33. The Labute approximate surface area is 177 Å². The minimum Gasteiger partial charge on any atom is -0.492 e. The van der Waals surface area contributed by atoms with Crippen LogP contribution in [0.15, 0.2) is 28.5 Å². The molecule has 1 aromatic carbocycles. The Balaban J connectivity index is 1.93. The zero-order valence-corrected chi connectivity index (χ0v) is 17.5. The van der Waals surface area contributed by atoms with Crippen LogP contribution in [-0.2, 0) is 0 Å². The Hall–Kier alpha value is -2.94. The Morgan fingerprint density at radius 2 is 2.13 bits per heavy atom. The topological polar surface area (TPSA) is 83.8 Å². The highest BCUT2D eigenvalue weighted by Gasteiger charge is 2.32. The average molecular weight is 433 g/mol. The number of hydrogen-bond acceptors (Lipinski definition) is 5. The first-order chi connectivity index (χ1) is 14.9. The van der Waals surface area contributed by atoms with E-state index in [0.717, 1.165) is 18.9 Å². The summed E-state index contributed by atoms with van der Waals surface area (Å²) in [6.45, 7) is 0.836. The summed E-state index contributed by atoms with van der Waals surface area (Å²) >= 11 is 0. The fourth-order valence-electron chi connectivity index (χ4n) is 4.29. The van der Waals surface area contributed by atoms with Crippen LogP contribution < -0.4 is 20.4 Å². The van der Waals surface area contributed by atoms with Crippen LogP contribution in [0.25, 0.3) is 10.9 Å². The lowest BCUT2D eigenvalue weighted by Gasteiger charge is -2.33. The highest BCUT2D eigenvalue weighted by molar-refractivity contribution is 5.97. The van der Waals surface area contributed by atoms with Crippen LogP contribution in [0.3, 0.4) is 0 Å². The molecule has 1 aliphatic carbocycles. The molecule has 0 spiro atoms. The van der Waals surface area contributed by atoms with Gasteiger partial charge in [0.15, 0.2) is 11.6 Å². The summed E-state index contributed by atoms with van der Waals surface area (Å²) in [5.74, 6) is -2.13. The molecule has 1 aliphatic heterocycles. The molecule has 166 valence electrons. The minimum absolute atomic E-state index is 0.0262. The van der Waals surface area contributed by atoms with Crippen LogP contribution in [0.1, 0.15) is 42.1 Å². The number of rotatable bonds is 6. The zero-order valence-electron chi connectivity index (χ0n) is 17.5. The molecule has 2 aromatic rings. The van der Waals surface area contributed by atoms with Crippen molar-refractivity contribution in [1.29, 1.82) is 0 Å². The number of anilines is 1. The fourth-order valence-corrected chi connectivity index (χ4v) is 4.29. The van der Waals surface area contributed by atoms with Crippen LogP contribution in [0, 0.1) is 5.82 Å². The third kappa shape index (κ3) is 3.78. The van der Waals surface area contributed by atoms with Crippen LogP contribution in [0.2, 0.25) is 0 Å². The van der Waals surface area contributed by atoms with Gasteiger partial charge in [0.25, 0.3) is 0 Å². The standard InChI is InChI=1S/C22H25F2N3O4/c1-25-9-17(24)12-4-3-7-26(10-12)19-16(23)8-14-18(21(19)31-2)27(13-5-6-13)11-15(20(14)28)22(29)30/h8,11,13,25H,3-7,9-10H2,1-2H3,(H,29,30)/b17-12-. The van der Waals surface area contributed by atoms with Gasteiger partial charge in [-0.05, 0) is 44.4 Å². The molecule has 2 heterocycles. The SMILES string of the molecule is CNC/C(F)=C1\CCCN(c2c(F)cc3c(=O)c(C(=O)O)cn(C4CC4)c3c2OC)C1. The van der Waals surface area contributed by atoms with Crippen molar-refractivity contribution in [2.75, 3.05) is 38.7 Å². The van der Waals surface area contributed by atoms with Gasteiger partial charge in [0.05, 0.1) is 18.0 Å². The summed E-state index contributed by atoms with van der Waals surface area (Å²) in [6.07, 6.45) is 4.23. The molecule has 9 heteroatoms. The smallest absolute Gasteiger partial charge is 0.341 e. The molecule has 2 aliphatic rings. The number of carbonyl (C=O) groups is 1. The molecule has 2 fully saturated rings. The number of carboxylic acid groups (broad SMARTS) is 1. The Morgan fingerprint density at radius 1 is 1.39 bits per heavy atom. The quantitative estimate of drug-likeness (QED) is 0.728. The van der Waals surface area contributed by atoms with E-state index in [0.29, 0.717) is 30.5 Å². The van der Waals surface area contributed by atoms with Crippen molar-refractivity contribution in [3.8, 4) is 5.75 Å². The minimum atomic E-state index is -1.35. The van der Waals surface area contributed by atoms with Gasteiger partial charge >= 0.3 is 5.97 Å². The largest absolute Gasteiger partial charge is 0.492 e. The van der Waals surface area contributed by atoms with Gasteiger partial charge in [0.1, 0.15) is 17.1 Å². The van der Waals surface area contributed by atoms with Crippen molar-refractivity contribution in [3.05, 3.63) is 45.3 Å². The second-order valence-corrected chi connectivity index (χ2v) is 8.02. The summed E-state index contributed by atoms with van der Waals surface area (Å²) in [7, 11) is 3.06. The first-order valence-electron chi connectivity index (χ1n) is 10.3. The predicted octanol–water partition coefficient (Wildman–Crippen LogP) is 3.23. The molecule has 31 heavy (non-hydrogen) atoms. The van der Waals surface area contributed by atoms with Gasteiger partial charge in [0.2, 0.25) is 5.43 Å². The van der Waals surface area contributed by atoms with Gasteiger partial charge < -0.3 is 24.6 Å².